The van der Waals surface area contributed by atoms with Gasteiger partial charge >= 0.3 is 0 Å². The van der Waals surface area contributed by atoms with Crippen molar-refractivity contribution in [3.63, 3.8) is 0 Å². The second-order valence-electron chi connectivity index (χ2n) is 3.02. The number of halogens is 1. The van der Waals surface area contributed by atoms with E-state index in [1.165, 1.54) is 4.88 Å². The van der Waals surface area contributed by atoms with Gasteiger partial charge in [0.15, 0.2) is 5.16 Å². The molecule has 2 N–H and O–H groups in total. The number of rotatable bonds is 4. The molecule has 16 heavy (non-hydrogen) atoms. The lowest BCUT2D eigenvalue weighted by Crippen LogP contribution is -2.08. The summed E-state index contributed by atoms with van der Waals surface area (Å²) in [4.78, 5) is 9.62. The number of nitrogens with two attached hydrogens (primary N) is 1. The highest BCUT2D eigenvalue weighted by molar-refractivity contribution is 9.11. The lowest BCUT2D eigenvalue weighted by Gasteiger charge is -2.10. The molecule has 84 valence electrons. The number of thiophene rings is 1. The summed E-state index contributed by atoms with van der Waals surface area (Å²) < 4.78 is 1.12. The monoisotopic (exact) mass is 315 g/mol. The van der Waals surface area contributed by atoms with E-state index in [0.717, 1.165) is 8.94 Å². The van der Waals surface area contributed by atoms with Crippen molar-refractivity contribution in [2.45, 2.75) is 10.4 Å². The van der Waals surface area contributed by atoms with Gasteiger partial charge in [0, 0.05) is 23.8 Å². The van der Waals surface area contributed by atoms with Gasteiger partial charge in [0.1, 0.15) is 0 Å². The third-order valence-electron chi connectivity index (χ3n) is 1.92. The fourth-order valence-corrected chi connectivity index (χ4v) is 3.69. The fraction of sp³-hybridized carbons (Fsp3) is 0.200. The molecule has 0 spiro atoms. The minimum Gasteiger partial charge on any atom is -0.329 e. The summed E-state index contributed by atoms with van der Waals surface area (Å²) in [6.07, 6.45) is 3.49. The molecule has 6 heteroatoms. The van der Waals surface area contributed by atoms with Crippen molar-refractivity contribution >= 4 is 39.0 Å². The molecule has 2 aromatic rings. The highest BCUT2D eigenvalue weighted by Gasteiger charge is 2.14. The molecule has 2 aromatic heterocycles. The Kier molecular flexibility index (Phi) is 4.34. The molecule has 2 heterocycles. The van der Waals surface area contributed by atoms with E-state index in [4.69, 9.17) is 5.73 Å². The van der Waals surface area contributed by atoms with E-state index in [1.807, 2.05) is 12.1 Å². The molecule has 0 saturated heterocycles. The molecule has 0 amide bonds. The van der Waals surface area contributed by atoms with Gasteiger partial charge in [-0.2, -0.15) is 0 Å². The quantitative estimate of drug-likeness (QED) is 0.696. The van der Waals surface area contributed by atoms with Crippen LogP contribution < -0.4 is 5.73 Å². The molecule has 0 radical (unpaired) electrons. The fourth-order valence-electron chi connectivity index (χ4n) is 1.20. The van der Waals surface area contributed by atoms with Crippen LogP contribution in [-0.4, -0.2) is 16.5 Å². The summed E-state index contributed by atoms with van der Waals surface area (Å²) in [5.74, 6) is 0. The van der Waals surface area contributed by atoms with E-state index in [9.17, 15) is 0 Å². The molecule has 0 fully saturated rings. The average Bonchev–Trinajstić information content (AvgIpc) is 2.74. The Hall–Kier alpha value is -0.430. The van der Waals surface area contributed by atoms with Crippen molar-refractivity contribution < 1.29 is 0 Å². The zero-order chi connectivity index (χ0) is 11.4. The van der Waals surface area contributed by atoms with Crippen LogP contribution in [0.5, 0.6) is 0 Å². The lowest BCUT2D eigenvalue weighted by molar-refractivity contribution is 0.920. The standard InChI is InChI=1S/C10H10BrN3S2/c11-9-3-2-7(15-9)8(6-12)16-10-13-4-1-5-14-10/h1-5,8H,6,12H2. The first-order valence-electron chi connectivity index (χ1n) is 4.68. The molecule has 2 rings (SSSR count). The Morgan fingerprint density at radius 2 is 2.12 bits per heavy atom. The van der Waals surface area contributed by atoms with E-state index in [2.05, 4.69) is 32.0 Å². The van der Waals surface area contributed by atoms with Gasteiger partial charge in [-0.25, -0.2) is 9.97 Å². The number of aromatic nitrogens is 2. The Labute approximate surface area is 111 Å². The largest absolute Gasteiger partial charge is 0.329 e. The van der Waals surface area contributed by atoms with Crippen molar-refractivity contribution in [3.05, 3.63) is 39.3 Å². The molecular weight excluding hydrogens is 306 g/mol. The van der Waals surface area contributed by atoms with E-state index in [1.54, 1.807) is 35.5 Å². The van der Waals surface area contributed by atoms with Gasteiger partial charge in [-0.1, -0.05) is 11.8 Å². The van der Waals surface area contributed by atoms with Gasteiger partial charge in [0.05, 0.1) is 9.04 Å². The maximum atomic E-state index is 5.78. The van der Waals surface area contributed by atoms with Crippen molar-refractivity contribution in [1.29, 1.82) is 0 Å². The van der Waals surface area contributed by atoms with Crippen molar-refractivity contribution in [1.82, 2.24) is 9.97 Å². The summed E-state index contributed by atoms with van der Waals surface area (Å²) in [5, 5.41) is 0.987. The second kappa shape index (κ2) is 5.77. The van der Waals surface area contributed by atoms with Crippen molar-refractivity contribution in [3.8, 4) is 0 Å². The van der Waals surface area contributed by atoms with Crippen LogP contribution in [-0.2, 0) is 0 Å². The lowest BCUT2D eigenvalue weighted by atomic mass is 10.3. The van der Waals surface area contributed by atoms with Crippen LogP contribution in [0.2, 0.25) is 0 Å². The van der Waals surface area contributed by atoms with Crippen LogP contribution in [0.4, 0.5) is 0 Å². The number of thioether (sulfide) groups is 1. The van der Waals surface area contributed by atoms with Crippen LogP contribution in [0.25, 0.3) is 0 Å². The molecular formula is C10H10BrN3S2. The molecule has 1 unspecified atom stereocenters. The first-order valence-corrected chi connectivity index (χ1v) is 7.17. The first kappa shape index (κ1) is 12.0. The van der Waals surface area contributed by atoms with Crippen LogP contribution >= 0.6 is 39.0 Å². The summed E-state index contributed by atoms with van der Waals surface area (Å²) in [5.41, 5.74) is 5.78. The van der Waals surface area contributed by atoms with Crippen molar-refractivity contribution in [2.75, 3.05) is 6.54 Å². The third kappa shape index (κ3) is 3.04. The van der Waals surface area contributed by atoms with Crippen LogP contribution in [0, 0.1) is 0 Å². The minimum absolute atomic E-state index is 0.221. The Morgan fingerprint density at radius 1 is 1.38 bits per heavy atom. The number of hydrogen-bond acceptors (Lipinski definition) is 5. The van der Waals surface area contributed by atoms with Gasteiger partial charge in [-0.15, -0.1) is 11.3 Å². The predicted octanol–water partition coefficient (Wildman–Crippen LogP) is 3.09. The van der Waals surface area contributed by atoms with Gasteiger partial charge in [0.2, 0.25) is 0 Å². The predicted molar refractivity (Wildman–Crippen MR) is 71.7 cm³/mol. The SMILES string of the molecule is NCC(Sc1ncccn1)c1ccc(Br)s1. The maximum absolute atomic E-state index is 5.78. The first-order chi connectivity index (χ1) is 7.79. The van der Waals surface area contributed by atoms with Crippen LogP contribution in [0.15, 0.2) is 39.5 Å². The van der Waals surface area contributed by atoms with E-state index >= 15 is 0 Å². The molecule has 3 nitrogen and oxygen atoms in total. The number of hydrogen-bond donors (Lipinski definition) is 1. The van der Waals surface area contributed by atoms with Gasteiger partial charge in [0.25, 0.3) is 0 Å². The van der Waals surface area contributed by atoms with Gasteiger partial charge < -0.3 is 5.73 Å². The van der Waals surface area contributed by atoms with Crippen LogP contribution in [0.3, 0.4) is 0 Å². The molecule has 0 aromatic carbocycles. The number of nitrogens with zero attached hydrogens (tertiary/aromatic N) is 2. The molecule has 0 bridgehead atoms. The summed E-state index contributed by atoms with van der Waals surface area (Å²) in [6, 6.07) is 5.93. The second-order valence-corrected chi connectivity index (χ2v) is 6.68. The molecule has 0 aliphatic heterocycles. The Bertz CT molecular complexity index is 446. The summed E-state index contributed by atoms with van der Waals surface area (Å²) >= 11 is 6.75. The van der Waals surface area contributed by atoms with E-state index < -0.39 is 0 Å². The molecule has 1 atom stereocenters. The third-order valence-corrected chi connectivity index (χ3v) is 4.95. The Balaban J connectivity index is 2.12. The van der Waals surface area contributed by atoms with Gasteiger partial charge in [-0.3, -0.25) is 0 Å². The normalized spacial score (nSPS) is 12.6. The topological polar surface area (TPSA) is 51.8 Å². The van der Waals surface area contributed by atoms with E-state index in [0.29, 0.717) is 6.54 Å². The zero-order valence-electron chi connectivity index (χ0n) is 8.34. The van der Waals surface area contributed by atoms with Crippen molar-refractivity contribution in [2.24, 2.45) is 5.73 Å². The average molecular weight is 316 g/mol. The molecule has 0 saturated carbocycles. The highest BCUT2D eigenvalue weighted by atomic mass is 79.9. The smallest absolute Gasteiger partial charge is 0.188 e. The minimum atomic E-state index is 0.221. The highest BCUT2D eigenvalue weighted by Crippen LogP contribution is 2.37. The zero-order valence-corrected chi connectivity index (χ0v) is 11.6. The maximum Gasteiger partial charge on any atom is 0.188 e. The molecule has 0 aliphatic rings. The summed E-state index contributed by atoms with van der Waals surface area (Å²) in [6.45, 7) is 0.579. The molecule has 0 aliphatic carbocycles. The van der Waals surface area contributed by atoms with Crippen LogP contribution in [0.1, 0.15) is 10.1 Å². The van der Waals surface area contributed by atoms with Gasteiger partial charge in [-0.05, 0) is 34.1 Å². The van der Waals surface area contributed by atoms with E-state index in [-0.39, 0.29) is 5.25 Å². The Morgan fingerprint density at radius 3 is 2.69 bits per heavy atom. The summed E-state index contributed by atoms with van der Waals surface area (Å²) in [7, 11) is 0.